The van der Waals surface area contributed by atoms with Crippen LogP contribution in [0.5, 0.6) is 0 Å². The summed E-state index contributed by atoms with van der Waals surface area (Å²) in [4.78, 5) is 42.7. The SMILES string of the molecule is CC(C)(C)c1nc(-c2ccc3c(c2)CN(C2CCC(=O)NC2=O)C3=O)c(Br)s1. The van der Waals surface area contributed by atoms with Crippen LogP contribution >= 0.6 is 27.3 Å². The van der Waals surface area contributed by atoms with Crippen molar-refractivity contribution < 1.29 is 14.4 Å². The fourth-order valence-electron chi connectivity index (χ4n) is 3.52. The lowest BCUT2D eigenvalue weighted by atomic mass is 9.98. The van der Waals surface area contributed by atoms with E-state index in [0.29, 0.717) is 18.5 Å². The van der Waals surface area contributed by atoms with Crippen molar-refractivity contribution >= 4 is 45.0 Å². The molecule has 2 aromatic rings. The summed E-state index contributed by atoms with van der Waals surface area (Å²) in [7, 11) is 0. The van der Waals surface area contributed by atoms with Crippen molar-refractivity contribution in [3.63, 3.8) is 0 Å². The standard InChI is InChI=1S/C20H20BrN3O3S/c1-20(2,3)19-23-15(16(21)28-19)10-4-5-12-11(8-10)9-24(18(12)27)13-6-7-14(25)22-17(13)26/h4-5,8,13H,6-7,9H2,1-3H3,(H,22,25,26). The van der Waals surface area contributed by atoms with Gasteiger partial charge in [-0.15, -0.1) is 11.3 Å². The van der Waals surface area contributed by atoms with E-state index in [9.17, 15) is 14.4 Å². The average molecular weight is 462 g/mol. The highest BCUT2D eigenvalue weighted by atomic mass is 79.9. The van der Waals surface area contributed by atoms with Crippen molar-refractivity contribution in [1.29, 1.82) is 0 Å². The predicted molar refractivity (Wildman–Crippen MR) is 110 cm³/mol. The summed E-state index contributed by atoms with van der Waals surface area (Å²) >= 11 is 5.24. The molecule has 8 heteroatoms. The molecular weight excluding hydrogens is 442 g/mol. The zero-order valence-corrected chi connectivity index (χ0v) is 18.2. The number of hydrogen-bond acceptors (Lipinski definition) is 5. The predicted octanol–water partition coefficient (Wildman–Crippen LogP) is 3.63. The summed E-state index contributed by atoms with van der Waals surface area (Å²) < 4.78 is 0.962. The minimum atomic E-state index is -0.598. The molecule has 1 saturated heterocycles. The number of amides is 3. The Labute approximate surface area is 175 Å². The summed E-state index contributed by atoms with van der Waals surface area (Å²) in [5, 5.41) is 3.37. The van der Waals surface area contributed by atoms with Crippen molar-refractivity contribution in [2.45, 2.75) is 51.6 Å². The number of nitrogens with zero attached hydrogens (tertiary/aromatic N) is 2. The Balaban J connectivity index is 1.64. The second kappa shape index (κ2) is 6.77. The first-order valence-corrected chi connectivity index (χ1v) is 10.7. The van der Waals surface area contributed by atoms with Gasteiger partial charge in [0.1, 0.15) is 6.04 Å². The molecular formula is C20H20BrN3O3S. The Morgan fingerprint density at radius 3 is 2.64 bits per heavy atom. The smallest absolute Gasteiger partial charge is 0.255 e. The first kappa shape index (κ1) is 19.3. The first-order chi connectivity index (χ1) is 13.1. The number of benzene rings is 1. The van der Waals surface area contributed by atoms with Crippen LogP contribution in [0.3, 0.4) is 0 Å². The van der Waals surface area contributed by atoms with Gasteiger partial charge in [0, 0.05) is 29.5 Å². The highest BCUT2D eigenvalue weighted by Gasteiger charge is 2.39. The van der Waals surface area contributed by atoms with Gasteiger partial charge < -0.3 is 4.90 Å². The lowest BCUT2D eigenvalue weighted by molar-refractivity contribution is -0.136. The molecule has 0 saturated carbocycles. The first-order valence-electron chi connectivity index (χ1n) is 9.10. The minimum absolute atomic E-state index is 0.0410. The number of piperidine rings is 1. The van der Waals surface area contributed by atoms with Gasteiger partial charge in [0.05, 0.1) is 14.5 Å². The van der Waals surface area contributed by atoms with Gasteiger partial charge in [-0.1, -0.05) is 26.8 Å². The van der Waals surface area contributed by atoms with Crippen molar-refractivity contribution in [3.05, 3.63) is 38.1 Å². The molecule has 3 amide bonds. The summed E-state index contributed by atoms with van der Waals surface area (Å²) in [6, 6.07) is 5.09. The number of hydrogen-bond donors (Lipinski definition) is 1. The fourth-order valence-corrected chi connectivity index (χ4v) is 5.17. The van der Waals surface area contributed by atoms with Gasteiger partial charge in [-0.25, -0.2) is 4.98 Å². The van der Waals surface area contributed by atoms with Gasteiger partial charge in [0.25, 0.3) is 5.91 Å². The number of carbonyl (C=O) groups excluding carboxylic acids is 3. The molecule has 3 heterocycles. The van der Waals surface area contributed by atoms with E-state index in [1.807, 2.05) is 12.1 Å². The summed E-state index contributed by atoms with van der Waals surface area (Å²) in [5.74, 6) is -0.839. The van der Waals surface area contributed by atoms with Crippen LogP contribution in [-0.2, 0) is 21.5 Å². The second-order valence-corrected chi connectivity index (χ2v) is 10.5. The number of imide groups is 1. The third-order valence-corrected chi connectivity index (χ3v) is 7.16. The van der Waals surface area contributed by atoms with E-state index in [1.165, 1.54) is 0 Å². The molecule has 0 radical (unpaired) electrons. The number of fused-ring (bicyclic) bond motifs is 1. The molecule has 0 spiro atoms. The van der Waals surface area contributed by atoms with E-state index >= 15 is 0 Å². The Morgan fingerprint density at radius 2 is 2.00 bits per heavy atom. The van der Waals surface area contributed by atoms with Crippen LogP contribution in [-0.4, -0.2) is 33.6 Å². The Hall–Kier alpha value is -2.06. The lowest BCUT2D eigenvalue weighted by Gasteiger charge is -2.29. The molecule has 28 heavy (non-hydrogen) atoms. The Morgan fingerprint density at radius 1 is 1.25 bits per heavy atom. The monoisotopic (exact) mass is 461 g/mol. The zero-order chi connectivity index (χ0) is 20.2. The summed E-state index contributed by atoms with van der Waals surface area (Å²) in [6.07, 6.45) is 0.618. The van der Waals surface area contributed by atoms with Crippen LogP contribution in [0, 0.1) is 0 Å². The molecule has 0 aliphatic carbocycles. The Kier molecular flexibility index (Phi) is 4.66. The highest BCUT2D eigenvalue weighted by Crippen LogP contribution is 2.39. The maximum atomic E-state index is 12.8. The zero-order valence-electron chi connectivity index (χ0n) is 15.8. The normalized spacial score (nSPS) is 19.8. The third kappa shape index (κ3) is 3.28. The molecule has 6 nitrogen and oxygen atoms in total. The summed E-state index contributed by atoms with van der Waals surface area (Å²) in [5.41, 5.74) is 3.25. The van der Waals surface area contributed by atoms with Gasteiger partial charge in [-0.2, -0.15) is 0 Å². The second-order valence-electron chi connectivity index (χ2n) is 8.16. The average Bonchev–Trinajstić information content (AvgIpc) is 3.15. The van der Waals surface area contributed by atoms with Crippen LogP contribution < -0.4 is 5.32 Å². The van der Waals surface area contributed by atoms with Crippen LogP contribution in [0.2, 0.25) is 0 Å². The number of aromatic nitrogens is 1. The molecule has 1 fully saturated rings. The van der Waals surface area contributed by atoms with Crippen molar-refractivity contribution in [3.8, 4) is 11.3 Å². The van der Waals surface area contributed by atoms with Gasteiger partial charge in [0.2, 0.25) is 11.8 Å². The number of nitrogens with one attached hydrogen (secondary N) is 1. The quantitative estimate of drug-likeness (QED) is 0.692. The molecule has 4 rings (SSSR count). The largest absolute Gasteiger partial charge is 0.322 e. The van der Waals surface area contributed by atoms with Crippen molar-refractivity contribution in [1.82, 2.24) is 15.2 Å². The molecule has 2 aliphatic rings. The molecule has 0 bridgehead atoms. The van der Waals surface area contributed by atoms with E-state index in [0.717, 1.165) is 25.6 Å². The van der Waals surface area contributed by atoms with Gasteiger partial charge in [0.15, 0.2) is 0 Å². The Bertz CT molecular complexity index is 1010. The number of rotatable bonds is 2. The van der Waals surface area contributed by atoms with Gasteiger partial charge in [-0.05, 0) is 40.0 Å². The molecule has 1 N–H and O–H groups in total. The van der Waals surface area contributed by atoms with Gasteiger partial charge >= 0.3 is 0 Å². The summed E-state index contributed by atoms with van der Waals surface area (Å²) in [6.45, 7) is 6.74. The molecule has 1 unspecified atom stereocenters. The highest BCUT2D eigenvalue weighted by molar-refractivity contribution is 9.11. The molecule has 1 aromatic heterocycles. The van der Waals surface area contributed by atoms with E-state index in [-0.39, 0.29) is 23.7 Å². The molecule has 1 atom stereocenters. The van der Waals surface area contributed by atoms with E-state index in [1.54, 1.807) is 22.3 Å². The van der Waals surface area contributed by atoms with Crippen LogP contribution in [0.15, 0.2) is 22.0 Å². The fraction of sp³-hybridized carbons (Fsp3) is 0.400. The number of carbonyl (C=O) groups is 3. The van der Waals surface area contributed by atoms with Crippen molar-refractivity contribution in [2.75, 3.05) is 0 Å². The van der Waals surface area contributed by atoms with Gasteiger partial charge in [-0.3, -0.25) is 19.7 Å². The van der Waals surface area contributed by atoms with E-state index < -0.39 is 11.9 Å². The number of thiazole rings is 1. The van der Waals surface area contributed by atoms with Crippen LogP contribution in [0.1, 0.15) is 54.5 Å². The van der Waals surface area contributed by atoms with Crippen molar-refractivity contribution in [2.24, 2.45) is 0 Å². The maximum absolute atomic E-state index is 12.8. The maximum Gasteiger partial charge on any atom is 0.255 e. The molecule has 1 aromatic carbocycles. The van der Waals surface area contributed by atoms with E-state index in [4.69, 9.17) is 4.98 Å². The van der Waals surface area contributed by atoms with E-state index in [2.05, 4.69) is 42.0 Å². The number of halogens is 1. The van der Waals surface area contributed by atoms with Crippen LogP contribution in [0.4, 0.5) is 0 Å². The molecule has 2 aliphatic heterocycles. The topological polar surface area (TPSA) is 79.4 Å². The third-order valence-electron chi connectivity index (χ3n) is 5.02. The minimum Gasteiger partial charge on any atom is -0.322 e. The lowest BCUT2D eigenvalue weighted by Crippen LogP contribution is -2.52. The van der Waals surface area contributed by atoms with Crippen LogP contribution in [0.25, 0.3) is 11.3 Å². The molecule has 146 valence electrons.